The van der Waals surface area contributed by atoms with Crippen LogP contribution in [-0.4, -0.2) is 28.3 Å². The van der Waals surface area contributed by atoms with Crippen LogP contribution in [-0.2, 0) is 11.8 Å². The van der Waals surface area contributed by atoms with Crippen molar-refractivity contribution < 1.29 is 4.79 Å². The molecular weight excluding hydrogens is 320 g/mol. The van der Waals surface area contributed by atoms with Gasteiger partial charge in [0.1, 0.15) is 11.0 Å². The molecule has 1 saturated heterocycles. The number of benzene rings is 1. The van der Waals surface area contributed by atoms with Crippen molar-refractivity contribution in [3.63, 3.8) is 0 Å². The van der Waals surface area contributed by atoms with Crippen LogP contribution in [0.15, 0.2) is 29.3 Å². The van der Waals surface area contributed by atoms with Crippen LogP contribution < -0.4 is 10.1 Å². The van der Waals surface area contributed by atoms with Gasteiger partial charge in [0.15, 0.2) is 0 Å². The van der Waals surface area contributed by atoms with E-state index in [1.165, 1.54) is 11.3 Å². The van der Waals surface area contributed by atoms with Crippen molar-refractivity contribution in [2.24, 2.45) is 12.0 Å². The summed E-state index contributed by atoms with van der Waals surface area (Å²) in [6.45, 7) is 0.746. The van der Waals surface area contributed by atoms with Gasteiger partial charge in [-0.1, -0.05) is 35.1 Å². The van der Waals surface area contributed by atoms with Crippen LogP contribution in [0.25, 0.3) is 10.6 Å². The Balaban J connectivity index is 1.93. The van der Waals surface area contributed by atoms with Crippen molar-refractivity contribution in [3.05, 3.63) is 34.1 Å². The largest absolute Gasteiger partial charge is 0.354 e. The van der Waals surface area contributed by atoms with E-state index in [4.69, 9.17) is 11.6 Å². The lowest BCUT2D eigenvalue weighted by atomic mass is 10.1. The van der Waals surface area contributed by atoms with Crippen LogP contribution in [0, 0.1) is 0 Å². The van der Waals surface area contributed by atoms with Crippen LogP contribution in [0.4, 0.5) is 0 Å². The number of aryl methyl sites for hydroxylation is 1. The zero-order chi connectivity index (χ0) is 15.5. The van der Waals surface area contributed by atoms with Gasteiger partial charge < -0.3 is 5.32 Å². The molecule has 22 heavy (non-hydrogen) atoms. The molecule has 1 aromatic carbocycles. The fourth-order valence-corrected chi connectivity index (χ4v) is 3.42. The fourth-order valence-electron chi connectivity index (χ4n) is 2.35. The second kappa shape index (κ2) is 6.62. The first-order valence-electron chi connectivity index (χ1n) is 7.25. The van der Waals surface area contributed by atoms with Gasteiger partial charge >= 0.3 is 0 Å². The molecule has 1 aliphatic heterocycles. The Morgan fingerprint density at radius 1 is 1.36 bits per heavy atom. The van der Waals surface area contributed by atoms with E-state index < -0.39 is 0 Å². The normalized spacial score (nSPS) is 19.8. The number of nitrogens with zero attached hydrogens (tertiary/aromatic N) is 3. The number of amides is 1. The van der Waals surface area contributed by atoms with E-state index in [9.17, 15) is 4.79 Å². The van der Waals surface area contributed by atoms with Gasteiger partial charge in [0.05, 0.1) is 0 Å². The minimum absolute atomic E-state index is 0.0129. The van der Waals surface area contributed by atoms with Gasteiger partial charge in [-0.15, -0.1) is 0 Å². The minimum Gasteiger partial charge on any atom is -0.354 e. The molecule has 3 rings (SSSR count). The molecule has 1 fully saturated rings. The van der Waals surface area contributed by atoms with E-state index in [0.29, 0.717) is 5.02 Å². The molecule has 1 amide bonds. The third kappa shape index (κ3) is 3.39. The van der Waals surface area contributed by atoms with Crippen molar-refractivity contribution in [1.29, 1.82) is 0 Å². The molecule has 1 atom stereocenters. The average molecular weight is 337 g/mol. The molecule has 0 saturated carbocycles. The maximum Gasteiger partial charge on any atom is 0.244 e. The average Bonchev–Trinajstić information content (AvgIpc) is 2.74. The summed E-state index contributed by atoms with van der Waals surface area (Å²) in [5, 5.41) is 8.96. The molecule has 5 nitrogen and oxygen atoms in total. The lowest BCUT2D eigenvalue weighted by Gasteiger charge is -2.06. The lowest BCUT2D eigenvalue weighted by molar-refractivity contribution is -0.122. The van der Waals surface area contributed by atoms with E-state index in [-0.39, 0.29) is 11.9 Å². The summed E-state index contributed by atoms with van der Waals surface area (Å²) in [6.07, 6.45) is 2.82. The molecule has 0 spiro atoms. The second-order valence-corrected chi connectivity index (χ2v) is 6.64. The minimum atomic E-state index is -0.313. The van der Waals surface area contributed by atoms with Gasteiger partial charge in [0, 0.05) is 24.2 Å². The van der Waals surface area contributed by atoms with E-state index in [1.54, 1.807) is 4.68 Å². The molecule has 0 aliphatic carbocycles. The Kier molecular flexibility index (Phi) is 4.59. The maximum atomic E-state index is 12.0. The standard InChI is InChI=1S/C15H17ClN4OS/c1-20-15(18-12-4-2-3-9-17-13(12)21)22-14(19-20)10-5-7-11(16)8-6-10/h5-8,12H,2-4,9H2,1H3,(H,17,21). The van der Waals surface area contributed by atoms with Gasteiger partial charge in [0.25, 0.3) is 0 Å². The second-order valence-electron chi connectivity index (χ2n) is 5.25. The molecule has 0 radical (unpaired) electrons. The third-order valence-corrected chi connectivity index (χ3v) is 4.88. The number of nitrogens with one attached hydrogen (secondary N) is 1. The molecule has 7 heteroatoms. The van der Waals surface area contributed by atoms with E-state index in [2.05, 4.69) is 15.4 Å². The Bertz CT molecular complexity index is 735. The molecule has 2 heterocycles. The number of carbonyl (C=O) groups is 1. The predicted molar refractivity (Wildman–Crippen MR) is 87.7 cm³/mol. The topological polar surface area (TPSA) is 59.3 Å². The summed E-state index contributed by atoms with van der Waals surface area (Å²) in [4.78, 5) is 17.4. The summed E-state index contributed by atoms with van der Waals surface area (Å²) in [6, 6.07) is 7.24. The van der Waals surface area contributed by atoms with Crippen LogP contribution in [0.5, 0.6) is 0 Å². The summed E-state index contributed by atoms with van der Waals surface area (Å²) in [5.41, 5.74) is 0.997. The molecule has 1 unspecified atom stereocenters. The molecule has 116 valence electrons. The number of carbonyl (C=O) groups excluding carboxylic acids is 1. The summed E-state index contributed by atoms with van der Waals surface area (Å²) in [7, 11) is 1.85. The Hall–Kier alpha value is -1.66. The van der Waals surface area contributed by atoms with Crippen molar-refractivity contribution >= 4 is 28.8 Å². The van der Waals surface area contributed by atoms with Crippen LogP contribution in [0.1, 0.15) is 19.3 Å². The highest BCUT2D eigenvalue weighted by atomic mass is 35.5. The first-order chi connectivity index (χ1) is 10.6. The van der Waals surface area contributed by atoms with E-state index >= 15 is 0 Å². The van der Waals surface area contributed by atoms with Crippen LogP contribution >= 0.6 is 22.9 Å². The first-order valence-corrected chi connectivity index (χ1v) is 8.44. The van der Waals surface area contributed by atoms with Crippen molar-refractivity contribution in [2.45, 2.75) is 25.3 Å². The first kappa shape index (κ1) is 15.2. The fraction of sp³-hybridized carbons (Fsp3) is 0.400. The number of halogens is 1. The molecule has 1 aromatic heterocycles. The SMILES string of the molecule is Cn1nc(-c2ccc(Cl)cc2)sc1=NC1CCCCNC1=O. The highest BCUT2D eigenvalue weighted by Crippen LogP contribution is 2.21. The number of rotatable bonds is 2. The third-order valence-electron chi connectivity index (χ3n) is 3.57. The molecule has 1 N–H and O–H groups in total. The number of aromatic nitrogens is 2. The van der Waals surface area contributed by atoms with E-state index in [1.807, 2.05) is 31.3 Å². The van der Waals surface area contributed by atoms with Gasteiger partial charge in [-0.25, -0.2) is 9.67 Å². The zero-order valence-corrected chi connectivity index (χ0v) is 13.8. The Morgan fingerprint density at radius 2 is 2.14 bits per heavy atom. The quantitative estimate of drug-likeness (QED) is 0.915. The van der Waals surface area contributed by atoms with Crippen molar-refractivity contribution in [3.8, 4) is 10.6 Å². The summed E-state index contributed by atoms with van der Waals surface area (Å²) in [5.74, 6) is 0.0129. The van der Waals surface area contributed by atoms with E-state index in [0.717, 1.165) is 41.2 Å². The van der Waals surface area contributed by atoms with Crippen LogP contribution in [0.2, 0.25) is 5.02 Å². The zero-order valence-electron chi connectivity index (χ0n) is 12.3. The van der Waals surface area contributed by atoms with Gasteiger partial charge in [0.2, 0.25) is 10.7 Å². The van der Waals surface area contributed by atoms with Gasteiger partial charge in [-0.2, -0.15) is 5.10 Å². The van der Waals surface area contributed by atoms with Crippen LogP contribution in [0.3, 0.4) is 0 Å². The maximum absolute atomic E-state index is 12.0. The van der Waals surface area contributed by atoms with Crippen molar-refractivity contribution in [2.75, 3.05) is 6.54 Å². The molecular formula is C15H17ClN4OS. The highest BCUT2D eigenvalue weighted by Gasteiger charge is 2.20. The summed E-state index contributed by atoms with van der Waals surface area (Å²) < 4.78 is 1.73. The Labute approximate surface area is 137 Å². The smallest absolute Gasteiger partial charge is 0.244 e. The monoisotopic (exact) mass is 336 g/mol. The predicted octanol–water partition coefficient (Wildman–Crippen LogP) is 2.37. The molecule has 2 aromatic rings. The van der Waals surface area contributed by atoms with Gasteiger partial charge in [-0.3, -0.25) is 4.79 Å². The van der Waals surface area contributed by atoms with Crippen molar-refractivity contribution in [1.82, 2.24) is 15.1 Å². The lowest BCUT2D eigenvalue weighted by Crippen LogP contribution is -2.33. The summed E-state index contributed by atoms with van der Waals surface area (Å²) >= 11 is 7.39. The number of hydrogen-bond donors (Lipinski definition) is 1. The molecule has 1 aliphatic rings. The van der Waals surface area contributed by atoms with Gasteiger partial charge in [-0.05, 0) is 31.4 Å². The Morgan fingerprint density at radius 3 is 2.91 bits per heavy atom. The highest BCUT2D eigenvalue weighted by molar-refractivity contribution is 7.12. The number of hydrogen-bond acceptors (Lipinski definition) is 4. The molecule has 0 bridgehead atoms.